The number of anilines is 1. The van der Waals surface area contributed by atoms with Gasteiger partial charge >= 0.3 is 0 Å². The first-order valence-corrected chi connectivity index (χ1v) is 14.8. The summed E-state index contributed by atoms with van der Waals surface area (Å²) < 4.78 is 36.9. The van der Waals surface area contributed by atoms with Crippen molar-refractivity contribution in [2.45, 2.75) is 38.5 Å². The highest BCUT2D eigenvalue weighted by Crippen LogP contribution is 2.22. The van der Waals surface area contributed by atoms with Gasteiger partial charge in [-0.3, -0.25) is 9.10 Å². The number of hydrogen-bond donors (Lipinski definition) is 3. The van der Waals surface area contributed by atoms with Gasteiger partial charge < -0.3 is 25.2 Å². The minimum absolute atomic E-state index is 0.0147. The van der Waals surface area contributed by atoms with Crippen molar-refractivity contribution >= 4 is 21.6 Å². The van der Waals surface area contributed by atoms with E-state index >= 15 is 0 Å². The SMILES string of the molecule is CCCS(=O)(=O)N(C)c1cccc(C(=O)NC(Cc2ccccc2)C(O)CNCc2cc(OC)cc(OC)c2)c1. The number of carbonyl (C=O) groups excluding carboxylic acids is 1. The maximum atomic E-state index is 13.3. The van der Waals surface area contributed by atoms with Gasteiger partial charge in [0.15, 0.2) is 0 Å². The van der Waals surface area contributed by atoms with E-state index < -0.39 is 28.1 Å². The molecule has 9 nitrogen and oxygen atoms in total. The number of rotatable bonds is 15. The van der Waals surface area contributed by atoms with Gasteiger partial charge in [-0.05, 0) is 54.3 Å². The minimum Gasteiger partial charge on any atom is -0.497 e. The van der Waals surface area contributed by atoms with Gasteiger partial charge in [0.05, 0.1) is 37.8 Å². The number of methoxy groups -OCH3 is 2. The quantitative estimate of drug-likeness (QED) is 0.257. The third-order valence-corrected chi connectivity index (χ3v) is 8.49. The van der Waals surface area contributed by atoms with Gasteiger partial charge in [-0.25, -0.2) is 8.42 Å². The molecule has 0 aromatic heterocycles. The summed E-state index contributed by atoms with van der Waals surface area (Å²) in [5, 5.41) is 17.4. The molecule has 10 heteroatoms. The predicted molar refractivity (Wildman–Crippen MR) is 158 cm³/mol. The van der Waals surface area contributed by atoms with Crippen molar-refractivity contribution in [3.63, 3.8) is 0 Å². The van der Waals surface area contributed by atoms with E-state index in [9.17, 15) is 18.3 Å². The first-order chi connectivity index (χ1) is 19.2. The summed E-state index contributed by atoms with van der Waals surface area (Å²) in [7, 11) is 1.17. The van der Waals surface area contributed by atoms with Crippen LogP contribution >= 0.6 is 0 Å². The summed E-state index contributed by atoms with van der Waals surface area (Å²) in [5.41, 5.74) is 2.59. The van der Waals surface area contributed by atoms with E-state index in [4.69, 9.17) is 9.47 Å². The molecule has 0 saturated heterocycles. The molecule has 0 aliphatic heterocycles. The van der Waals surface area contributed by atoms with Crippen molar-refractivity contribution in [1.82, 2.24) is 10.6 Å². The smallest absolute Gasteiger partial charge is 0.251 e. The molecule has 3 aromatic carbocycles. The highest BCUT2D eigenvalue weighted by molar-refractivity contribution is 7.92. The highest BCUT2D eigenvalue weighted by atomic mass is 32.2. The maximum absolute atomic E-state index is 13.3. The first kappa shape index (κ1) is 30.9. The van der Waals surface area contributed by atoms with Crippen LogP contribution in [0.4, 0.5) is 5.69 Å². The second-order valence-electron chi connectivity index (χ2n) is 9.52. The second-order valence-corrected chi connectivity index (χ2v) is 11.6. The van der Waals surface area contributed by atoms with Crippen LogP contribution in [-0.4, -0.2) is 65.1 Å². The van der Waals surface area contributed by atoms with Crippen molar-refractivity contribution in [3.8, 4) is 11.5 Å². The van der Waals surface area contributed by atoms with Gasteiger partial charge in [0.2, 0.25) is 10.0 Å². The Morgan fingerprint density at radius 3 is 2.25 bits per heavy atom. The zero-order valence-electron chi connectivity index (χ0n) is 23.5. The molecular weight excluding hydrogens is 530 g/mol. The minimum atomic E-state index is -3.49. The van der Waals surface area contributed by atoms with Crippen LogP contribution in [0, 0.1) is 0 Å². The molecule has 2 unspecified atom stereocenters. The Balaban J connectivity index is 1.73. The van der Waals surface area contributed by atoms with E-state index in [2.05, 4.69) is 10.6 Å². The van der Waals surface area contributed by atoms with Crippen LogP contribution in [-0.2, 0) is 23.0 Å². The lowest BCUT2D eigenvalue weighted by Gasteiger charge is -2.25. The van der Waals surface area contributed by atoms with Crippen LogP contribution in [0.2, 0.25) is 0 Å². The van der Waals surface area contributed by atoms with Gasteiger partial charge in [0.25, 0.3) is 5.91 Å². The summed E-state index contributed by atoms with van der Waals surface area (Å²) in [6.07, 6.45) is -0.00880. The Hall–Kier alpha value is -3.60. The molecule has 3 aromatic rings. The lowest BCUT2D eigenvalue weighted by atomic mass is 10.00. The molecule has 2 atom stereocenters. The van der Waals surface area contributed by atoms with E-state index in [0.717, 1.165) is 11.1 Å². The summed E-state index contributed by atoms with van der Waals surface area (Å²) in [6.45, 7) is 2.47. The number of amides is 1. The van der Waals surface area contributed by atoms with E-state index in [1.54, 1.807) is 51.5 Å². The topological polar surface area (TPSA) is 117 Å². The van der Waals surface area contributed by atoms with Gasteiger partial charge in [-0.15, -0.1) is 0 Å². The Labute approximate surface area is 237 Å². The lowest BCUT2D eigenvalue weighted by molar-refractivity contribution is 0.0830. The maximum Gasteiger partial charge on any atom is 0.251 e. The van der Waals surface area contributed by atoms with Gasteiger partial charge in [-0.1, -0.05) is 43.3 Å². The number of hydrogen-bond acceptors (Lipinski definition) is 7. The van der Waals surface area contributed by atoms with E-state index in [1.165, 1.54) is 11.4 Å². The number of ether oxygens (including phenoxy) is 2. The van der Waals surface area contributed by atoms with Crippen LogP contribution < -0.4 is 24.4 Å². The predicted octanol–water partition coefficient (Wildman–Crippen LogP) is 3.37. The number of aliphatic hydroxyl groups is 1. The van der Waals surface area contributed by atoms with Crippen LogP contribution in [0.15, 0.2) is 72.8 Å². The second kappa shape index (κ2) is 14.7. The van der Waals surface area contributed by atoms with Crippen molar-refractivity contribution in [2.24, 2.45) is 0 Å². The summed E-state index contributed by atoms with van der Waals surface area (Å²) >= 11 is 0. The molecule has 1 amide bonds. The zero-order chi connectivity index (χ0) is 29.1. The Morgan fingerprint density at radius 1 is 0.950 bits per heavy atom. The number of carbonyl (C=O) groups is 1. The molecular formula is C30H39N3O6S. The normalized spacial score (nSPS) is 12.8. The van der Waals surface area contributed by atoms with Crippen LogP contribution in [0.25, 0.3) is 0 Å². The number of sulfonamides is 1. The van der Waals surface area contributed by atoms with E-state index in [-0.39, 0.29) is 12.3 Å². The Bertz CT molecular complexity index is 1330. The van der Waals surface area contributed by atoms with Gasteiger partial charge in [-0.2, -0.15) is 0 Å². The molecule has 40 heavy (non-hydrogen) atoms. The third-order valence-electron chi connectivity index (χ3n) is 6.52. The first-order valence-electron chi connectivity index (χ1n) is 13.2. The molecule has 0 heterocycles. The summed E-state index contributed by atoms with van der Waals surface area (Å²) in [4.78, 5) is 13.3. The average Bonchev–Trinajstić information content (AvgIpc) is 2.96. The lowest BCUT2D eigenvalue weighted by Crippen LogP contribution is -2.48. The molecule has 3 N–H and O–H groups in total. The van der Waals surface area contributed by atoms with Crippen molar-refractivity contribution in [2.75, 3.05) is 37.9 Å². The monoisotopic (exact) mass is 569 g/mol. The van der Waals surface area contributed by atoms with Crippen LogP contribution in [0.1, 0.15) is 34.8 Å². The fourth-order valence-electron chi connectivity index (χ4n) is 4.28. The fraction of sp³-hybridized carbons (Fsp3) is 0.367. The molecule has 0 aliphatic carbocycles. The number of benzene rings is 3. The fourth-order valence-corrected chi connectivity index (χ4v) is 5.50. The van der Waals surface area contributed by atoms with Crippen molar-refractivity contribution in [3.05, 3.63) is 89.5 Å². The van der Waals surface area contributed by atoms with Gasteiger partial charge in [0.1, 0.15) is 11.5 Å². The van der Waals surface area contributed by atoms with Gasteiger partial charge in [0, 0.05) is 31.8 Å². The number of nitrogens with zero attached hydrogens (tertiary/aromatic N) is 1. The third kappa shape index (κ3) is 8.70. The zero-order valence-corrected chi connectivity index (χ0v) is 24.3. The van der Waals surface area contributed by atoms with E-state index in [0.29, 0.717) is 42.1 Å². The van der Waals surface area contributed by atoms with E-state index in [1.807, 2.05) is 42.5 Å². The Kier molecular flexibility index (Phi) is 11.4. The molecule has 0 radical (unpaired) electrons. The molecule has 0 saturated carbocycles. The summed E-state index contributed by atoms with van der Waals surface area (Å²) in [5.74, 6) is 0.948. The summed E-state index contributed by atoms with van der Waals surface area (Å²) in [6, 6.07) is 21.0. The average molecular weight is 570 g/mol. The Morgan fingerprint density at radius 2 is 1.62 bits per heavy atom. The molecule has 0 spiro atoms. The molecule has 216 valence electrons. The van der Waals surface area contributed by atoms with Crippen LogP contribution in [0.3, 0.4) is 0 Å². The molecule has 0 aliphatic rings. The largest absolute Gasteiger partial charge is 0.497 e. The van der Waals surface area contributed by atoms with Crippen molar-refractivity contribution < 1.29 is 27.8 Å². The number of nitrogens with one attached hydrogen (secondary N) is 2. The standard InChI is InChI=1S/C30H39N3O6S/c1-5-14-40(36,37)33(2)25-13-9-12-24(18-25)30(35)32-28(17-22-10-7-6-8-11-22)29(34)21-31-20-23-15-26(38-3)19-27(16-23)39-4/h6-13,15-16,18-19,28-29,31,34H,5,14,17,20-21H2,1-4H3,(H,32,35). The van der Waals surface area contributed by atoms with Crippen molar-refractivity contribution in [1.29, 1.82) is 0 Å². The molecule has 0 fully saturated rings. The highest BCUT2D eigenvalue weighted by Gasteiger charge is 2.24. The van der Waals surface area contributed by atoms with Crippen LogP contribution in [0.5, 0.6) is 11.5 Å². The molecule has 0 bridgehead atoms. The number of aliphatic hydroxyl groups excluding tert-OH is 1. The molecule has 3 rings (SSSR count).